The molecule has 7 heteroatoms. The smallest absolute Gasteiger partial charge is 0.291 e. The van der Waals surface area contributed by atoms with Gasteiger partial charge in [0.25, 0.3) is 11.6 Å². The molecule has 0 unspecified atom stereocenters. The Morgan fingerprint density at radius 3 is 2.71 bits per heavy atom. The molecule has 0 bridgehead atoms. The molecule has 3 N–H and O–H groups in total. The van der Waals surface area contributed by atoms with Crippen LogP contribution in [0, 0.1) is 10.1 Å². The quantitative estimate of drug-likeness (QED) is 0.648. The monoisotopic (exact) mass is 289 g/mol. The molecule has 21 heavy (non-hydrogen) atoms. The molecule has 110 valence electrons. The van der Waals surface area contributed by atoms with Crippen molar-refractivity contribution in [2.75, 3.05) is 5.32 Å². The summed E-state index contributed by atoms with van der Waals surface area (Å²) in [5.41, 5.74) is 6.34. The molecule has 0 saturated heterocycles. The van der Waals surface area contributed by atoms with Crippen molar-refractivity contribution in [2.24, 2.45) is 5.73 Å². The third-order valence-electron chi connectivity index (χ3n) is 3.01. The Morgan fingerprint density at radius 1 is 1.38 bits per heavy atom. The number of furan rings is 1. The van der Waals surface area contributed by atoms with Crippen LogP contribution in [0.5, 0.6) is 0 Å². The molecule has 1 heterocycles. The van der Waals surface area contributed by atoms with Crippen molar-refractivity contribution in [3.05, 3.63) is 57.5 Å². The number of rotatable bonds is 5. The van der Waals surface area contributed by atoms with Crippen molar-refractivity contribution in [3.8, 4) is 0 Å². The number of nitrogens with zero attached hydrogens (tertiary/aromatic N) is 1. The van der Waals surface area contributed by atoms with E-state index in [1.807, 2.05) is 6.92 Å². The lowest BCUT2D eigenvalue weighted by atomic mass is 10.1. The molecule has 0 saturated carbocycles. The highest BCUT2D eigenvalue weighted by atomic mass is 16.6. The number of nitrogens with two attached hydrogens (primary N) is 1. The molecule has 7 nitrogen and oxygen atoms in total. The number of nitrogens with one attached hydrogen (secondary N) is 1. The Kier molecular flexibility index (Phi) is 4.34. The summed E-state index contributed by atoms with van der Waals surface area (Å²) in [4.78, 5) is 22.5. The maximum Gasteiger partial charge on any atom is 0.291 e. The third kappa shape index (κ3) is 3.26. The van der Waals surface area contributed by atoms with E-state index in [0.29, 0.717) is 23.4 Å². The molecular weight excluding hydrogens is 274 g/mol. The van der Waals surface area contributed by atoms with Crippen molar-refractivity contribution in [1.29, 1.82) is 0 Å². The second kappa shape index (κ2) is 6.19. The SMILES string of the molecule is CCc1ccc(NC(=O)c2ccc(CN)o2)cc1[N+](=O)[O-]. The Bertz CT molecular complexity index is 679. The lowest BCUT2D eigenvalue weighted by Gasteiger charge is -2.05. The summed E-state index contributed by atoms with van der Waals surface area (Å²) in [6.07, 6.45) is 0.544. The average molecular weight is 289 g/mol. The van der Waals surface area contributed by atoms with Crippen LogP contribution in [0.2, 0.25) is 0 Å². The zero-order chi connectivity index (χ0) is 15.4. The van der Waals surface area contributed by atoms with Crippen molar-refractivity contribution < 1.29 is 14.1 Å². The number of amides is 1. The van der Waals surface area contributed by atoms with Gasteiger partial charge >= 0.3 is 0 Å². The minimum absolute atomic E-state index is 0.0163. The number of carbonyl (C=O) groups is 1. The van der Waals surface area contributed by atoms with Crippen LogP contribution in [0.15, 0.2) is 34.7 Å². The van der Waals surface area contributed by atoms with Gasteiger partial charge in [-0.1, -0.05) is 13.0 Å². The van der Waals surface area contributed by atoms with Crippen molar-refractivity contribution in [3.63, 3.8) is 0 Å². The summed E-state index contributed by atoms with van der Waals surface area (Å²) < 4.78 is 5.22. The zero-order valence-corrected chi connectivity index (χ0v) is 11.5. The fourth-order valence-corrected chi connectivity index (χ4v) is 1.91. The molecular formula is C14H15N3O4. The van der Waals surface area contributed by atoms with Crippen LogP contribution < -0.4 is 11.1 Å². The van der Waals surface area contributed by atoms with E-state index in [1.165, 1.54) is 12.1 Å². The van der Waals surface area contributed by atoms with Gasteiger partial charge in [0.15, 0.2) is 5.76 Å². The van der Waals surface area contributed by atoms with E-state index >= 15 is 0 Å². The van der Waals surface area contributed by atoms with E-state index in [0.717, 1.165) is 0 Å². The number of hydrogen-bond acceptors (Lipinski definition) is 5. The summed E-state index contributed by atoms with van der Waals surface area (Å²) in [5, 5.41) is 13.6. The van der Waals surface area contributed by atoms with Gasteiger partial charge in [0, 0.05) is 17.3 Å². The third-order valence-corrected chi connectivity index (χ3v) is 3.01. The minimum atomic E-state index is -0.478. The Morgan fingerprint density at radius 2 is 2.14 bits per heavy atom. The fraction of sp³-hybridized carbons (Fsp3) is 0.214. The first-order valence-electron chi connectivity index (χ1n) is 6.42. The average Bonchev–Trinajstić information content (AvgIpc) is 2.96. The van der Waals surface area contributed by atoms with Crippen LogP contribution in [-0.4, -0.2) is 10.8 Å². The summed E-state index contributed by atoms with van der Waals surface area (Å²) in [5.74, 6) is 0.123. The Hall–Kier alpha value is -2.67. The van der Waals surface area contributed by atoms with Crippen molar-refractivity contribution >= 4 is 17.3 Å². The molecule has 0 aliphatic carbocycles. The first-order valence-corrected chi connectivity index (χ1v) is 6.42. The summed E-state index contributed by atoms with van der Waals surface area (Å²) in [7, 11) is 0. The number of carbonyl (C=O) groups excluding carboxylic acids is 1. The molecule has 2 rings (SSSR count). The molecule has 2 aromatic rings. The Labute approximate surface area is 120 Å². The number of benzene rings is 1. The van der Waals surface area contributed by atoms with Gasteiger partial charge in [-0.2, -0.15) is 0 Å². The Balaban J connectivity index is 2.21. The predicted octanol–water partition coefficient (Wildman–Crippen LogP) is 2.46. The van der Waals surface area contributed by atoms with Crippen LogP contribution in [0.4, 0.5) is 11.4 Å². The van der Waals surface area contributed by atoms with E-state index in [2.05, 4.69) is 5.32 Å². The van der Waals surface area contributed by atoms with Crippen molar-refractivity contribution in [2.45, 2.75) is 19.9 Å². The topological polar surface area (TPSA) is 111 Å². The predicted molar refractivity (Wildman–Crippen MR) is 77.0 cm³/mol. The normalized spacial score (nSPS) is 10.4. The zero-order valence-electron chi connectivity index (χ0n) is 11.5. The van der Waals surface area contributed by atoms with E-state index in [4.69, 9.17) is 10.2 Å². The van der Waals surface area contributed by atoms with Gasteiger partial charge in [-0.3, -0.25) is 14.9 Å². The molecule has 0 fully saturated rings. The highest BCUT2D eigenvalue weighted by molar-refractivity contribution is 6.02. The minimum Gasteiger partial charge on any atom is -0.455 e. The van der Waals surface area contributed by atoms with Gasteiger partial charge in [0.2, 0.25) is 0 Å². The van der Waals surface area contributed by atoms with Gasteiger partial charge in [-0.15, -0.1) is 0 Å². The summed E-state index contributed by atoms with van der Waals surface area (Å²) >= 11 is 0. The first kappa shape index (κ1) is 14.7. The molecule has 1 aromatic heterocycles. The second-order valence-corrected chi connectivity index (χ2v) is 4.38. The molecule has 0 atom stereocenters. The maximum atomic E-state index is 12.0. The second-order valence-electron chi connectivity index (χ2n) is 4.38. The largest absolute Gasteiger partial charge is 0.455 e. The van der Waals surface area contributed by atoms with E-state index < -0.39 is 10.8 Å². The van der Waals surface area contributed by atoms with Gasteiger partial charge in [0.1, 0.15) is 5.76 Å². The van der Waals surface area contributed by atoms with Gasteiger partial charge < -0.3 is 15.5 Å². The van der Waals surface area contributed by atoms with Gasteiger partial charge in [-0.05, 0) is 24.6 Å². The number of nitro benzene ring substituents is 1. The van der Waals surface area contributed by atoms with E-state index in [9.17, 15) is 14.9 Å². The molecule has 1 aromatic carbocycles. The van der Waals surface area contributed by atoms with Crippen LogP contribution in [0.25, 0.3) is 0 Å². The highest BCUT2D eigenvalue weighted by Crippen LogP contribution is 2.24. The number of nitro groups is 1. The van der Waals surface area contributed by atoms with Crippen LogP contribution >= 0.6 is 0 Å². The maximum absolute atomic E-state index is 12.0. The molecule has 0 radical (unpaired) electrons. The van der Waals surface area contributed by atoms with Crippen LogP contribution in [0.1, 0.15) is 28.8 Å². The van der Waals surface area contributed by atoms with Crippen LogP contribution in [0.3, 0.4) is 0 Å². The number of anilines is 1. The number of hydrogen-bond donors (Lipinski definition) is 2. The number of aryl methyl sites for hydroxylation is 1. The van der Waals surface area contributed by atoms with Gasteiger partial charge in [0.05, 0.1) is 11.5 Å². The molecule has 0 spiro atoms. The fourth-order valence-electron chi connectivity index (χ4n) is 1.91. The van der Waals surface area contributed by atoms with Crippen LogP contribution in [-0.2, 0) is 13.0 Å². The molecule has 1 amide bonds. The molecule has 0 aliphatic rings. The van der Waals surface area contributed by atoms with E-state index in [1.54, 1.807) is 18.2 Å². The van der Waals surface area contributed by atoms with E-state index in [-0.39, 0.29) is 18.0 Å². The van der Waals surface area contributed by atoms with Gasteiger partial charge in [-0.25, -0.2) is 0 Å². The lowest BCUT2D eigenvalue weighted by molar-refractivity contribution is -0.385. The lowest BCUT2D eigenvalue weighted by Crippen LogP contribution is -2.11. The first-order chi connectivity index (χ1) is 10.0. The summed E-state index contributed by atoms with van der Waals surface area (Å²) in [6.45, 7) is 2.03. The standard InChI is InChI=1S/C14H15N3O4/c1-2-9-3-4-10(7-12(9)17(19)20)16-14(18)13-6-5-11(8-15)21-13/h3-7H,2,8,15H2,1H3,(H,16,18). The molecule has 0 aliphatic heterocycles. The summed E-state index contributed by atoms with van der Waals surface area (Å²) in [6, 6.07) is 7.70. The van der Waals surface area contributed by atoms with Crippen molar-refractivity contribution in [1.82, 2.24) is 0 Å². The highest BCUT2D eigenvalue weighted by Gasteiger charge is 2.16.